The Hall–Kier alpha value is -2.54. The summed E-state index contributed by atoms with van der Waals surface area (Å²) < 4.78 is 10.5. The van der Waals surface area contributed by atoms with E-state index in [-0.39, 0.29) is 18.2 Å². The molecule has 0 aliphatic heterocycles. The van der Waals surface area contributed by atoms with Crippen LogP contribution in [0.4, 0.5) is 0 Å². The summed E-state index contributed by atoms with van der Waals surface area (Å²) in [7, 11) is 4.90. The van der Waals surface area contributed by atoms with Gasteiger partial charge in [-0.2, -0.15) is 0 Å². The highest BCUT2D eigenvalue weighted by atomic mass is 32.1. The third kappa shape index (κ3) is 5.22. The van der Waals surface area contributed by atoms with Crippen LogP contribution in [0.2, 0.25) is 0 Å². The fraction of sp³-hybridized carbons (Fsp3) is 0.333. The van der Waals surface area contributed by atoms with Crippen LogP contribution in [0.15, 0.2) is 35.7 Å². The summed E-state index contributed by atoms with van der Waals surface area (Å²) in [5.41, 5.74) is 0.891. The quantitative estimate of drug-likeness (QED) is 0.784. The number of ether oxygens (including phenoxy) is 2. The highest BCUT2D eigenvalue weighted by Crippen LogP contribution is 2.25. The SMILES string of the molecule is COc1ccc(CN(C)C(=O)CCNC(=O)c2cccs2)c(OC)c1. The molecule has 0 bridgehead atoms. The van der Waals surface area contributed by atoms with Gasteiger partial charge in [0.1, 0.15) is 11.5 Å². The van der Waals surface area contributed by atoms with Crippen LogP contribution < -0.4 is 14.8 Å². The number of rotatable bonds is 8. The van der Waals surface area contributed by atoms with Crippen LogP contribution >= 0.6 is 11.3 Å². The second-order valence-corrected chi connectivity index (χ2v) is 6.36. The smallest absolute Gasteiger partial charge is 0.261 e. The number of thiophene rings is 1. The molecule has 1 N–H and O–H groups in total. The highest BCUT2D eigenvalue weighted by Gasteiger charge is 2.13. The Morgan fingerprint density at radius 1 is 1.20 bits per heavy atom. The number of benzene rings is 1. The molecule has 0 atom stereocenters. The van der Waals surface area contributed by atoms with E-state index in [1.54, 1.807) is 38.3 Å². The maximum atomic E-state index is 12.2. The molecule has 7 heteroatoms. The summed E-state index contributed by atoms with van der Waals surface area (Å²) in [6.45, 7) is 0.727. The molecule has 0 aliphatic rings. The van der Waals surface area contributed by atoms with Crippen molar-refractivity contribution in [2.45, 2.75) is 13.0 Å². The van der Waals surface area contributed by atoms with Gasteiger partial charge in [-0.3, -0.25) is 9.59 Å². The van der Waals surface area contributed by atoms with Crippen LogP contribution in [-0.2, 0) is 11.3 Å². The lowest BCUT2D eigenvalue weighted by molar-refractivity contribution is -0.130. The minimum absolute atomic E-state index is 0.0515. The molecule has 0 unspecified atom stereocenters. The summed E-state index contributed by atoms with van der Waals surface area (Å²) >= 11 is 1.37. The first-order chi connectivity index (χ1) is 12.0. The van der Waals surface area contributed by atoms with Gasteiger partial charge in [0.25, 0.3) is 5.91 Å². The van der Waals surface area contributed by atoms with E-state index in [2.05, 4.69) is 5.32 Å². The van der Waals surface area contributed by atoms with Crippen LogP contribution in [0, 0.1) is 0 Å². The number of hydrogen-bond donors (Lipinski definition) is 1. The number of carbonyl (C=O) groups is 2. The maximum Gasteiger partial charge on any atom is 0.261 e. The number of nitrogens with zero attached hydrogens (tertiary/aromatic N) is 1. The first-order valence-corrected chi connectivity index (χ1v) is 8.69. The first-order valence-electron chi connectivity index (χ1n) is 7.81. The molecule has 1 aromatic heterocycles. The van der Waals surface area contributed by atoms with Gasteiger partial charge in [-0.1, -0.05) is 6.07 Å². The molecular formula is C18H22N2O4S. The number of hydrogen-bond acceptors (Lipinski definition) is 5. The molecule has 2 rings (SSSR count). The molecule has 0 aliphatic carbocycles. The molecule has 134 valence electrons. The predicted molar refractivity (Wildman–Crippen MR) is 97.3 cm³/mol. The topological polar surface area (TPSA) is 67.9 Å². The highest BCUT2D eigenvalue weighted by molar-refractivity contribution is 7.12. The van der Waals surface area contributed by atoms with Gasteiger partial charge in [0.2, 0.25) is 5.91 Å². The van der Waals surface area contributed by atoms with Crippen LogP contribution in [0.5, 0.6) is 11.5 Å². The number of nitrogens with one attached hydrogen (secondary N) is 1. The van der Waals surface area contributed by atoms with E-state index in [0.29, 0.717) is 29.5 Å². The molecule has 1 aromatic carbocycles. The van der Waals surface area contributed by atoms with Gasteiger partial charge < -0.3 is 19.7 Å². The van der Waals surface area contributed by atoms with Crippen molar-refractivity contribution in [3.8, 4) is 11.5 Å². The Kier molecular flexibility index (Phi) is 6.82. The molecule has 0 fully saturated rings. The maximum absolute atomic E-state index is 12.2. The molecule has 1 heterocycles. The summed E-state index contributed by atoms with van der Waals surface area (Å²) in [6, 6.07) is 9.07. The van der Waals surface area contributed by atoms with Crippen molar-refractivity contribution >= 4 is 23.2 Å². The standard InChI is InChI=1S/C18H22N2O4S/c1-20(12-13-6-7-14(23-2)11-15(13)24-3)17(21)8-9-19-18(22)16-5-4-10-25-16/h4-7,10-11H,8-9,12H2,1-3H3,(H,19,22). The van der Waals surface area contributed by atoms with Gasteiger partial charge >= 0.3 is 0 Å². The zero-order valence-corrected chi connectivity index (χ0v) is 15.4. The summed E-state index contributed by atoms with van der Waals surface area (Å²) in [6.07, 6.45) is 0.242. The summed E-state index contributed by atoms with van der Waals surface area (Å²) in [5, 5.41) is 4.60. The zero-order chi connectivity index (χ0) is 18.2. The zero-order valence-electron chi connectivity index (χ0n) is 14.6. The van der Waals surface area contributed by atoms with Gasteiger partial charge in [-0.15, -0.1) is 11.3 Å². The van der Waals surface area contributed by atoms with Crippen LogP contribution in [0.3, 0.4) is 0 Å². The van der Waals surface area contributed by atoms with E-state index in [9.17, 15) is 9.59 Å². The molecule has 2 amide bonds. The lowest BCUT2D eigenvalue weighted by atomic mass is 10.1. The fourth-order valence-electron chi connectivity index (χ4n) is 2.29. The minimum atomic E-state index is -0.151. The Balaban J connectivity index is 1.85. The lowest BCUT2D eigenvalue weighted by Crippen LogP contribution is -2.31. The van der Waals surface area contributed by atoms with E-state index in [1.165, 1.54) is 11.3 Å². The molecule has 2 aromatic rings. The Labute approximate surface area is 151 Å². The van der Waals surface area contributed by atoms with Crippen LogP contribution in [-0.4, -0.2) is 44.5 Å². The van der Waals surface area contributed by atoms with Gasteiger partial charge in [-0.05, 0) is 23.6 Å². The van der Waals surface area contributed by atoms with E-state index in [1.807, 2.05) is 23.6 Å². The molecule has 0 radical (unpaired) electrons. The van der Waals surface area contributed by atoms with E-state index < -0.39 is 0 Å². The second-order valence-electron chi connectivity index (χ2n) is 5.41. The van der Waals surface area contributed by atoms with Crippen LogP contribution in [0.1, 0.15) is 21.7 Å². The van der Waals surface area contributed by atoms with Crippen molar-refractivity contribution < 1.29 is 19.1 Å². The normalized spacial score (nSPS) is 10.2. The molecule has 25 heavy (non-hydrogen) atoms. The van der Waals surface area contributed by atoms with Gasteiger partial charge in [-0.25, -0.2) is 0 Å². The molecular weight excluding hydrogens is 340 g/mol. The monoisotopic (exact) mass is 362 g/mol. The average Bonchev–Trinajstić information content (AvgIpc) is 3.16. The Morgan fingerprint density at radius 2 is 2.00 bits per heavy atom. The van der Waals surface area contributed by atoms with Crippen LogP contribution in [0.25, 0.3) is 0 Å². The lowest BCUT2D eigenvalue weighted by Gasteiger charge is -2.19. The van der Waals surface area contributed by atoms with Gasteiger partial charge in [0, 0.05) is 38.2 Å². The Morgan fingerprint density at radius 3 is 2.64 bits per heavy atom. The van der Waals surface area contributed by atoms with Gasteiger partial charge in [0.05, 0.1) is 19.1 Å². The van der Waals surface area contributed by atoms with E-state index >= 15 is 0 Å². The number of methoxy groups -OCH3 is 2. The molecule has 0 spiro atoms. The van der Waals surface area contributed by atoms with Crippen molar-refractivity contribution in [1.82, 2.24) is 10.2 Å². The van der Waals surface area contributed by atoms with E-state index in [4.69, 9.17) is 9.47 Å². The third-order valence-corrected chi connectivity index (χ3v) is 4.57. The largest absolute Gasteiger partial charge is 0.497 e. The van der Waals surface area contributed by atoms with Crippen molar-refractivity contribution in [2.24, 2.45) is 0 Å². The third-order valence-electron chi connectivity index (χ3n) is 3.70. The van der Waals surface area contributed by atoms with Gasteiger partial charge in [0.15, 0.2) is 0 Å². The van der Waals surface area contributed by atoms with Crippen molar-refractivity contribution in [1.29, 1.82) is 0 Å². The number of carbonyl (C=O) groups excluding carboxylic acids is 2. The predicted octanol–water partition coefficient (Wildman–Crippen LogP) is 2.54. The average molecular weight is 362 g/mol. The van der Waals surface area contributed by atoms with E-state index in [0.717, 1.165) is 5.56 Å². The minimum Gasteiger partial charge on any atom is -0.497 e. The molecule has 0 saturated carbocycles. The summed E-state index contributed by atoms with van der Waals surface area (Å²) in [4.78, 5) is 26.3. The fourth-order valence-corrected chi connectivity index (χ4v) is 2.93. The van der Waals surface area contributed by atoms with Crippen molar-refractivity contribution in [2.75, 3.05) is 27.8 Å². The van der Waals surface area contributed by atoms with Crippen molar-refractivity contribution in [3.63, 3.8) is 0 Å². The Bertz CT molecular complexity index is 716. The number of amides is 2. The molecule has 0 saturated heterocycles. The van der Waals surface area contributed by atoms with Crippen molar-refractivity contribution in [3.05, 3.63) is 46.2 Å². The summed E-state index contributed by atoms with van der Waals surface area (Å²) in [5.74, 6) is 1.17. The molecule has 6 nitrogen and oxygen atoms in total. The first kappa shape index (κ1) is 18.8. The second kappa shape index (κ2) is 9.08.